The summed E-state index contributed by atoms with van der Waals surface area (Å²) in [5, 5.41) is 6.18. The van der Waals surface area contributed by atoms with Crippen LogP contribution in [-0.2, 0) is 4.74 Å². The van der Waals surface area contributed by atoms with Crippen molar-refractivity contribution in [3.8, 4) is 5.75 Å². The Morgan fingerprint density at radius 2 is 2.00 bits per heavy atom. The number of benzene rings is 1. The average Bonchev–Trinajstić information content (AvgIpc) is 2.69. The normalized spacial score (nSPS) is 14.6. The van der Waals surface area contributed by atoms with Crippen LogP contribution in [0.4, 0.5) is 11.5 Å². The van der Waals surface area contributed by atoms with Crippen molar-refractivity contribution in [2.24, 2.45) is 0 Å². The van der Waals surface area contributed by atoms with Crippen LogP contribution in [0.3, 0.4) is 0 Å². The summed E-state index contributed by atoms with van der Waals surface area (Å²) in [5.41, 5.74) is 0.926. The molecule has 0 bridgehead atoms. The molecule has 0 spiro atoms. The van der Waals surface area contributed by atoms with Crippen molar-refractivity contribution in [3.05, 3.63) is 41.9 Å². The lowest BCUT2D eigenvalue weighted by molar-refractivity contribution is 0.0398. The summed E-state index contributed by atoms with van der Waals surface area (Å²) < 4.78 is 11.1. The van der Waals surface area contributed by atoms with E-state index < -0.39 is 0 Å². The lowest BCUT2D eigenvalue weighted by Gasteiger charge is -2.26. The van der Waals surface area contributed by atoms with Gasteiger partial charge in [0.1, 0.15) is 23.1 Å². The second-order valence-electron chi connectivity index (χ2n) is 7.18. The minimum absolute atomic E-state index is 0.0108. The number of aryl methyl sites for hydroxylation is 1. The van der Waals surface area contributed by atoms with Gasteiger partial charge >= 0.3 is 0 Å². The van der Waals surface area contributed by atoms with E-state index in [1.165, 1.54) is 0 Å². The SMILES string of the molecule is Cc1nc(NCCN2CCOCC2)cc(C(=O)Nc2ccccc2OC(C)C)n1. The molecule has 8 heteroatoms. The monoisotopic (exact) mass is 399 g/mol. The molecule has 8 nitrogen and oxygen atoms in total. The zero-order valence-electron chi connectivity index (χ0n) is 17.3. The molecule has 29 heavy (non-hydrogen) atoms. The molecule has 2 N–H and O–H groups in total. The predicted molar refractivity (Wildman–Crippen MR) is 113 cm³/mol. The number of nitrogens with zero attached hydrogens (tertiary/aromatic N) is 3. The van der Waals surface area contributed by atoms with Crippen LogP contribution in [-0.4, -0.2) is 66.3 Å². The Hall–Kier alpha value is -2.71. The maximum atomic E-state index is 12.8. The van der Waals surface area contributed by atoms with Crippen LogP contribution < -0.4 is 15.4 Å². The van der Waals surface area contributed by atoms with Crippen molar-refractivity contribution >= 4 is 17.4 Å². The van der Waals surface area contributed by atoms with Gasteiger partial charge < -0.3 is 20.1 Å². The summed E-state index contributed by atoms with van der Waals surface area (Å²) >= 11 is 0. The van der Waals surface area contributed by atoms with Gasteiger partial charge in [0, 0.05) is 32.2 Å². The summed E-state index contributed by atoms with van der Waals surface area (Å²) in [6.07, 6.45) is 0.0108. The van der Waals surface area contributed by atoms with E-state index in [0.29, 0.717) is 28.8 Å². The molecule has 1 amide bonds. The second-order valence-corrected chi connectivity index (χ2v) is 7.18. The molecule has 156 valence electrons. The fourth-order valence-electron chi connectivity index (χ4n) is 3.05. The third kappa shape index (κ3) is 6.40. The Bertz CT molecular complexity index is 822. The summed E-state index contributed by atoms with van der Waals surface area (Å²) in [7, 11) is 0. The minimum Gasteiger partial charge on any atom is -0.489 e. The Morgan fingerprint density at radius 3 is 2.76 bits per heavy atom. The number of para-hydroxylation sites is 2. The molecule has 1 fully saturated rings. The molecule has 0 atom stereocenters. The summed E-state index contributed by atoms with van der Waals surface area (Å²) in [6, 6.07) is 9.05. The number of morpholine rings is 1. The first-order valence-electron chi connectivity index (χ1n) is 9.98. The molecule has 3 rings (SSSR count). The van der Waals surface area contributed by atoms with Crippen LogP contribution in [0.25, 0.3) is 0 Å². The molecule has 0 unspecified atom stereocenters. The molecule has 2 aromatic rings. The minimum atomic E-state index is -0.300. The van der Waals surface area contributed by atoms with E-state index in [1.807, 2.05) is 38.1 Å². The fraction of sp³-hybridized carbons (Fsp3) is 0.476. The third-order valence-corrected chi connectivity index (χ3v) is 4.41. The Kier molecular flexibility index (Phi) is 7.37. The summed E-state index contributed by atoms with van der Waals surface area (Å²) in [6.45, 7) is 10.7. The van der Waals surface area contributed by atoms with Crippen molar-refractivity contribution < 1.29 is 14.3 Å². The quantitative estimate of drug-likeness (QED) is 0.705. The number of nitrogens with one attached hydrogen (secondary N) is 2. The van der Waals surface area contributed by atoms with Crippen molar-refractivity contribution in [3.63, 3.8) is 0 Å². The van der Waals surface area contributed by atoms with Crippen LogP contribution in [0, 0.1) is 6.92 Å². The molecular weight excluding hydrogens is 370 g/mol. The number of hydrogen-bond donors (Lipinski definition) is 2. The van der Waals surface area contributed by atoms with Crippen LogP contribution in [0.15, 0.2) is 30.3 Å². The van der Waals surface area contributed by atoms with Crippen molar-refractivity contribution in [2.45, 2.75) is 26.9 Å². The number of rotatable bonds is 8. The molecule has 0 radical (unpaired) electrons. The first kappa shape index (κ1) is 21.0. The van der Waals surface area contributed by atoms with Gasteiger partial charge in [0.2, 0.25) is 0 Å². The van der Waals surface area contributed by atoms with E-state index in [4.69, 9.17) is 9.47 Å². The maximum absolute atomic E-state index is 12.8. The van der Waals surface area contributed by atoms with Gasteiger partial charge in [-0.05, 0) is 32.9 Å². The van der Waals surface area contributed by atoms with Crippen molar-refractivity contribution in [2.75, 3.05) is 50.0 Å². The molecule has 2 heterocycles. The van der Waals surface area contributed by atoms with Crippen LogP contribution in [0.2, 0.25) is 0 Å². The van der Waals surface area contributed by atoms with E-state index >= 15 is 0 Å². The van der Waals surface area contributed by atoms with Crippen LogP contribution in [0.1, 0.15) is 30.2 Å². The standard InChI is InChI=1S/C21H29N5O3/c1-15(2)29-19-7-5-4-6-17(19)25-21(27)18-14-20(24-16(3)23-18)22-8-9-26-10-12-28-13-11-26/h4-7,14-15H,8-13H2,1-3H3,(H,25,27)(H,22,23,24). The summed E-state index contributed by atoms with van der Waals surface area (Å²) in [5.74, 6) is 1.51. The smallest absolute Gasteiger partial charge is 0.274 e. The van der Waals surface area contributed by atoms with Crippen molar-refractivity contribution in [1.29, 1.82) is 0 Å². The molecule has 1 aliphatic heterocycles. The topological polar surface area (TPSA) is 88.6 Å². The lowest BCUT2D eigenvalue weighted by Crippen LogP contribution is -2.39. The van der Waals surface area contributed by atoms with Crippen LogP contribution in [0.5, 0.6) is 5.75 Å². The van der Waals surface area contributed by atoms with E-state index in [2.05, 4.69) is 25.5 Å². The number of hydrogen-bond acceptors (Lipinski definition) is 7. The fourth-order valence-corrected chi connectivity index (χ4v) is 3.05. The zero-order valence-corrected chi connectivity index (χ0v) is 17.3. The zero-order chi connectivity index (χ0) is 20.6. The van der Waals surface area contributed by atoms with Gasteiger partial charge in [0.25, 0.3) is 5.91 Å². The Labute approximate surface area is 171 Å². The molecule has 1 saturated heterocycles. The molecule has 1 aliphatic rings. The van der Waals surface area contributed by atoms with Crippen molar-refractivity contribution in [1.82, 2.24) is 14.9 Å². The van der Waals surface area contributed by atoms with E-state index in [9.17, 15) is 4.79 Å². The first-order valence-corrected chi connectivity index (χ1v) is 9.98. The molecule has 0 aliphatic carbocycles. The highest BCUT2D eigenvalue weighted by atomic mass is 16.5. The maximum Gasteiger partial charge on any atom is 0.274 e. The molecule has 0 saturated carbocycles. The highest BCUT2D eigenvalue weighted by molar-refractivity contribution is 6.04. The van der Waals surface area contributed by atoms with Crippen LogP contribution >= 0.6 is 0 Å². The van der Waals surface area contributed by atoms with Gasteiger partial charge in [-0.2, -0.15) is 0 Å². The lowest BCUT2D eigenvalue weighted by atomic mass is 10.2. The van der Waals surface area contributed by atoms with Gasteiger partial charge in [-0.1, -0.05) is 12.1 Å². The van der Waals surface area contributed by atoms with E-state index in [1.54, 1.807) is 13.0 Å². The van der Waals surface area contributed by atoms with Gasteiger partial charge in [-0.15, -0.1) is 0 Å². The Morgan fingerprint density at radius 1 is 1.24 bits per heavy atom. The number of amides is 1. The highest BCUT2D eigenvalue weighted by Gasteiger charge is 2.14. The van der Waals surface area contributed by atoms with Gasteiger partial charge in [0.15, 0.2) is 0 Å². The summed E-state index contributed by atoms with van der Waals surface area (Å²) in [4.78, 5) is 23.8. The number of anilines is 2. The van der Waals surface area contributed by atoms with Gasteiger partial charge in [0.05, 0.1) is 25.0 Å². The second kappa shape index (κ2) is 10.2. The number of carbonyl (C=O) groups excluding carboxylic acids is 1. The van der Waals surface area contributed by atoms with E-state index in [0.717, 1.165) is 39.4 Å². The number of ether oxygens (including phenoxy) is 2. The molecule has 1 aromatic carbocycles. The largest absolute Gasteiger partial charge is 0.489 e. The van der Waals surface area contributed by atoms with E-state index in [-0.39, 0.29) is 12.0 Å². The van der Waals surface area contributed by atoms with Gasteiger partial charge in [-0.25, -0.2) is 9.97 Å². The Balaban J connectivity index is 1.63. The molecular formula is C21H29N5O3. The third-order valence-electron chi connectivity index (χ3n) is 4.41. The average molecular weight is 399 g/mol. The molecule has 1 aromatic heterocycles. The number of carbonyl (C=O) groups is 1. The number of aromatic nitrogens is 2. The van der Waals surface area contributed by atoms with Gasteiger partial charge in [-0.3, -0.25) is 9.69 Å². The highest BCUT2D eigenvalue weighted by Crippen LogP contribution is 2.25. The predicted octanol–water partition coefficient (Wildman–Crippen LogP) is 2.57. The first-order chi connectivity index (χ1) is 14.0.